The van der Waals surface area contributed by atoms with Gasteiger partial charge in [-0.25, -0.2) is 9.07 Å². The molecule has 1 heterocycles. The van der Waals surface area contributed by atoms with Crippen molar-refractivity contribution in [3.05, 3.63) is 62.8 Å². The van der Waals surface area contributed by atoms with Crippen LogP contribution in [0.4, 0.5) is 4.39 Å². The largest absolute Gasteiger partial charge is 0.286 e. The number of benzene rings is 1. The van der Waals surface area contributed by atoms with Gasteiger partial charge >= 0.3 is 0 Å². The van der Waals surface area contributed by atoms with Gasteiger partial charge in [0.1, 0.15) is 17.4 Å². The molecule has 5 nitrogen and oxygen atoms in total. The van der Waals surface area contributed by atoms with Gasteiger partial charge in [-0.3, -0.25) is 9.69 Å². The molecule has 0 radical (unpaired) electrons. The Bertz CT molecular complexity index is 774. The zero-order valence-corrected chi connectivity index (χ0v) is 12.8. The molecule has 1 aromatic heterocycles. The Morgan fingerprint density at radius 3 is 2.55 bits per heavy atom. The van der Waals surface area contributed by atoms with Crippen LogP contribution in [0, 0.1) is 31.0 Å². The van der Waals surface area contributed by atoms with Crippen molar-refractivity contribution in [1.29, 1.82) is 5.26 Å². The van der Waals surface area contributed by atoms with E-state index < -0.39 is 5.56 Å². The van der Waals surface area contributed by atoms with E-state index in [0.29, 0.717) is 17.8 Å². The van der Waals surface area contributed by atoms with E-state index in [1.54, 1.807) is 26.0 Å². The lowest BCUT2D eigenvalue weighted by atomic mass is 10.1. The third kappa shape index (κ3) is 3.38. The molecule has 1 aromatic carbocycles. The molecule has 22 heavy (non-hydrogen) atoms. The van der Waals surface area contributed by atoms with Gasteiger partial charge in [0, 0.05) is 6.54 Å². The molecule has 0 N–H and O–H groups in total. The Balaban J connectivity index is 2.20. The van der Waals surface area contributed by atoms with Crippen LogP contribution in [-0.2, 0) is 13.2 Å². The van der Waals surface area contributed by atoms with Crippen LogP contribution >= 0.6 is 0 Å². The lowest BCUT2D eigenvalue weighted by molar-refractivity contribution is 0.239. The maximum Gasteiger partial charge on any atom is 0.286 e. The third-order valence-corrected chi connectivity index (χ3v) is 3.49. The Morgan fingerprint density at radius 1 is 1.32 bits per heavy atom. The van der Waals surface area contributed by atoms with E-state index in [0.717, 1.165) is 5.56 Å². The van der Waals surface area contributed by atoms with E-state index in [4.69, 9.17) is 5.26 Å². The number of aromatic nitrogens is 2. The van der Waals surface area contributed by atoms with Crippen molar-refractivity contribution in [1.82, 2.24) is 14.7 Å². The molecule has 0 saturated heterocycles. The molecule has 6 heteroatoms. The predicted molar refractivity (Wildman–Crippen MR) is 80.6 cm³/mol. The molecular weight excluding hydrogens is 283 g/mol. The molecule has 114 valence electrons. The average molecular weight is 300 g/mol. The van der Waals surface area contributed by atoms with Crippen molar-refractivity contribution in [2.45, 2.75) is 27.1 Å². The van der Waals surface area contributed by atoms with Crippen LogP contribution in [0.15, 0.2) is 29.1 Å². The van der Waals surface area contributed by atoms with Crippen LogP contribution in [0.5, 0.6) is 0 Å². The SMILES string of the molecule is Cc1nn(CN(C)Cc2ccc(F)cc2)c(=O)c(C#N)c1C. The van der Waals surface area contributed by atoms with Crippen molar-refractivity contribution in [3.8, 4) is 6.07 Å². The number of aryl methyl sites for hydroxylation is 1. The summed E-state index contributed by atoms with van der Waals surface area (Å²) >= 11 is 0. The summed E-state index contributed by atoms with van der Waals surface area (Å²) in [5, 5.41) is 13.3. The lowest BCUT2D eigenvalue weighted by Crippen LogP contribution is -2.34. The second kappa shape index (κ2) is 6.50. The first-order chi connectivity index (χ1) is 10.4. The highest BCUT2D eigenvalue weighted by atomic mass is 19.1. The summed E-state index contributed by atoms with van der Waals surface area (Å²) < 4.78 is 14.2. The lowest BCUT2D eigenvalue weighted by Gasteiger charge is -2.18. The van der Waals surface area contributed by atoms with Crippen LogP contribution in [0.3, 0.4) is 0 Å². The first-order valence-corrected chi connectivity index (χ1v) is 6.83. The molecule has 0 aliphatic heterocycles. The first-order valence-electron chi connectivity index (χ1n) is 6.83. The van der Waals surface area contributed by atoms with Gasteiger partial charge in [-0.15, -0.1) is 0 Å². The normalized spacial score (nSPS) is 10.7. The van der Waals surface area contributed by atoms with Gasteiger partial charge in [0.2, 0.25) is 0 Å². The van der Waals surface area contributed by atoms with Crippen LogP contribution in [-0.4, -0.2) is 21.7 Å². The third-order valence-electron chi connectivity index (χ3n) is 3.49. The number of nitriles is 1. The molecule has 0 bridgehead atoms. The minimum absolute atomic E-state index is 0.127. The smallest absolute Gasteiger partial charge is 0.283 e. The molecule has 0 saturated carbocycles. The van der Waals surface area contributed by atoms with Crippen LogP contribution in [0.2, 0.25) is 0 Å². The summed E-state index contributed by atoms with van der Waals surface area (Å²) in [6.45, 7) is 4.29. The van der Waals surface area contributed by atoms with Crippen molar-refractivity contribution in [2.75, 3.05) is 7.05 Å². The predicted octanol–water partition coefficient (Wildman–Crippen LogP) is 1.96. The van der Waals surface area contributed by atoms with Crippen molar-refractivity contribution in [3.63, 3.8) is 0 Å². The fourth-order valence-electron chi connectivity index (χ4n) is 2.18. The molecule has 2 aromatic rings. The Labute approximate surface area is 128 Å². The van der Waals surface area contributed by atoms with Crippen molar-refractivity contribution >= 4 is 0 Å². The highest BCUT2D eigenvalue weighted by Crippen LogP contribution is 2.07. The molecule has 0 amide bonds. The monoisotopic (exact) mass is 300 g/mol. The van der Waals surface area contributed by atoms with Gasteiger partial charge in [0.15, 0.2) is 0 Å². The molecule has 0 spiro atoms. The highest BCUT2D eigenvalue weighted by molar-refractivity contribution is 5.36. The van der Waals surface area contributed by atoms with E-state index in [1.807, 2.05) is 18.0 Å². The maximum absolute atomic E-state index is 12.9. The van der Waals surface area contributed by atoms with Crippen molar-refractivity contribution in [2.24, 2.45) is 0 Å². The van der Waals surface area contributed by atoms with E-state index in [-0.39, 0.29) is 18.0 Å². The molecule has 0 aliphatic rings. The standard InChI is InChI=1S/C16H17FN4O/c1-11-12(2)19-21(16(22)15(11)8-18)10-20(3)9-13-4-6-14(17)7-5-13/h4-7H,9-10H2,1-3H3. The number of halogens is 1. The first kappa shape index (κ1) is 15.9. The minimum atomic E-state index is -0.392. The van der Waals surface area contributed by atoms with E-state index in [9.17, 15) is 9.18 Å². The van der Waals surface area contributed by atoms with Gasteiger partial charge < -0.3 is 0 Å². The topological polar surface area (TPSA) is 61.9 Å². The molecule has 0 fully saturated rings. The fourth-order valence-corrected chi connectivity index (χ4v) is 2.18. The van der Waals surface area contributed by atoms with Gasteiger partial charge in [-0.1, -0.05) is 12.1 Å². The zero-order valence-electron chi connectivity index (χ0n) is 12.8. The van der Waals surface area contributed by atoms with Crippen LogP contribution < -0.4 is 5.56 Å². The summed E-state index contributed by atoms with van der Waals surface area (Å²) in [5.41, 5.74) is 1.94. The molecule has 0 aliphatic carbocycles. The molecule has 0 atom stereocenters. The average Bonchev–Trinajstić information content (AvgIpc) is 2.48. The number of nitrogens with zero attached hydrogens (tertiary/aromatic N) is 4. The second-order valence-electron chi connectivity index (χ2n) is 5.28. The van der Waals surface area contributed by atoms with Gasteiger partial charge in [-0.2, -0.15) is 10.4 Å². The zero-order chi connectivity index (χ0) is 16.3. The second-order valence-corrected chi connectivity index (χ2v) is 5.28. The molecular formula is C16H17FN4O. The van der Waals surface area contributed by atoms with Gasteiger partial charge in [0.25, 0.3) is 5.56 Å². The quantitative estimate of drug-likeness (QED) is 0.866. The van der Waals surface area contributed by atoms with E-state index >= 15 is 0 Å². The Kier molecular flexibility index (Phi) is 4.68. The van der Waals surface area contributed by atoms with Crippen LogP contribution in [0.25, 0.3) is 0 Å². The number of hydrogen-bond donors (Lipinski definition) is 0. The number of rotatable bonds is 4. The number of hydrogen-bond acceptors (Lipinski definition) is 4. The summed E-state index contributed by atoms with van der Waals surface area (Å²) in [4.78, 5) is 14.1. The minimum Gasteiger partial charge on any atom is -0.283 e. The Morgan fingerprint density at radius 2 is 1.95 bits per heavy atom. The summed E-state index contributed by atoms with van der Waals surface area (Å²) in [5.74, 6) is -0.280. The Hall–Kier alpha value is -2.52. The van der Waals surface area contributed by atoms with E-state index in [2.05, 4.69) is 5.10 Å². The summed E-state index contributed by atoms with van der Waals surface area (Å²) in [6, 6.07) is 8.14. The fraction of sp³-hybridized carbons (Fsp3) is 0.312. The summed E-state index contributed by atoms with van der Waals surface area (Å²) in [6.07, 6.45) is 0. The van der Waals surface area contributed by atoms with Gasteiger partial charge in [-0.05, 0) is 44.2 Å². The van der Waals surface area contributed by atoms with Crippen LogP contribution in [0.1, 0.15) is 22.4 Å². The highest BCUT2D eigenvalue weighted by Gasteiger charge is 2.12. The molecule has 0 unspecified atom stereocenters. The maximum atomic E-state index is 12.9. The summed E-state index contributed by atoms with van der Waals surface area (Å²) in [7, 11) is 1.83. The van der Waals surface area contributed by atoms with E-state index in [1.165, 1.54) is 16.8 Å². The van der Waals surface area contributed by atoms with Gasteiger partial charge in [0.05, 0.1) is 12.4 Å². The van der Waals surface area contributed by atoms with Crippen molar-refractivity contribution < 1.29 is 4.39 Å². The molecule has 2 rings (SSSR count).